The van der Waals surface area contributed by atoms with Crippen LogP contribution in [-0.4, -0.2) is 11.1 Å². The molecule has 2 aromatic rings. The lowest BCUT2D eigenvalue weighted by Gasteiger charge is -2.09. The lowest BCUT2D eigenvalue weighted by atomic mass is 10.1. The molecule has 4 nitrogen and oxygen atoms in total. The van der Waals surface area contributed by atoms with E-state index in [1.165, 1.54) is 5.56 Å². The van der Waals surface area contributed by atoms with Crippen molar-refractivity contribution in [3.05, 3.63) is 70.1 Å². The van der Waals surface area contributed by atoms with E-state index in [2.05, 4.69) is 5.32 Å². The van der Waals surface area contributed by atoms with Gasteiger partial charge in [0, 0.05) is 5.56 Å². The fourth-order valence-corrected chi connectivity index (χ4v) is 2.81. The molecule has 116 valence electrons. The number of benzene rings is 2. The highest BCUT2D eigenvalue weighted by atomic mass is 32.2. The Kier molecular flexibility index (Phi) is 4.48. The van der Waals surface area contributed by atoms with E-state index >= 15 is 0 Å². The normalized spacial score (nSPS) is 15.8. The topological polar surface area (TPSA) is 55.4 Å². The second kappa shape index (κ2) is 6.71. The van der Waals surface area contributed by atoms with Gasteiger partial charge in [-0.05, 0) is 36.4 Å². The summed E-state index contributed by atoms with van der Waals surface area (Å²) in [7, 11) is 0. The summed E-state index contributed by atoms with van der Waals surface area (Å²) in [5.41, 5.74) is 3.04. The van der Waals surface area contributed by atoms with Crippen LogP contribution in [0, 0.1) is 6.92 Å². The van der Waals surface area contributed by atoms with Gasteiger partial charge in [-0.15, -0.1) is 0 Å². The number of carbonyl (C=O) groups is 2. The number of aryl methyl sites for hydroxylation is 1. The molecule has 0 saturated carbocycles. The second-order valence-electron chi connectivity index (χ2n) is 5.16. The van der Waals surface area contributed by atoms with Crippen LogP contribution in [-0.2, 0) is 11.4 Å². The van der Waals surface area contributed by atoms with Crippen LogP contribution in [0.15, 0.2) is 53.4 Å². The molecule has 0 spiro atoms. The Bertz CT molecular complexity index is 781. The molecular weight excluding hydrogens is 310 g/mol. The van der Waals surface area contributed by atoms with Crippen molar-refractivity contribution in [3.8, 4) is 5.75 Å². The van der Waals surface area contributed by atoms with Crippen LogP contribution in [0.3, 0.4) is 0 Å². The number of hydrogen-bond acceptors (Lipinski definition) is 4. The SMILES string of the molecule is Cc1ccc(COc2ccccc2/C=C2\SC(=O)NC2=O)cc1. The van der Waals surface area contributed by atoms with Gasteiger partial charge in [0.25, 0.3) is 11.1 Å². The predicted molar refractivity (Wildman–Crippen MR) is 91.1 cm³/mol. The first-order valence-electron chi connectivity index (χ1n) is 7.14. The van der Waals surface area contributed by atoms with Crippen molar-refractivity contribution in [1.82, 2.24) is 5.32 Å². The van der Waals surface area contributed by atoms with E-state index in [1.807, 2.05) is 55.5 Å². The van der Waals surface area contributed by atoms with Crippen molar-refractivity contribution in [2.45, 2.75) is 13.5 Å². The van der Waals surface area contributed by atoms with Gasteiger partial charge in [0.15, 0.2) is 0 Å². The molecule has 1 fully saturated rings. The molecule has 2 aromatic carbocycles. The van der Waals surface area contributed by atoms with Gasteiger partial charge in [-0.25, -0.2) is 0 Å². The zero-order valence-corrected chi connectivity index (χ0v) is 13.4. The average Bonchev–Trinajstić information content (AvgIpc) is 2.86. The number of amides is 2. The smallest absolute Gasteiger partial charge is 0.290 e. The number of hydrogen-bond donors (Lipinski definition) is 1. The Hall–Kier alpha value is -2.53. The summed E-state index contributed by atoms with van der Waals surface area (Å²) in [6, 6.07) is 15.6. The first-order valence-corrected chi connectivity index (χ1v) is 7.96. The Morgan fingerprint density at radius 1 is 1.09 bits per heavy atom. The summed E-state index contributed by atoms with van der Waals surface area (Å²) in [5.74, 6) is 0.307. The number of carbonyl (C=O) groups excluding carboxylic acids is 2. The number of para-hydroxylation sites is 1. The molecule has 1 saturated heterocycles. The van der Waals surface area contributed by atoms with Gasteiger partial charge in [0.05, 0.1) is 4.91 Å². The van der Waals surface area contributed by atoms with E-state index in [0.29, 0.717) is 17.3 Å². The molecule has 0 bridgehead atoms. The number of ether oxygens (including phenoxy) is 1. The number of rotatable bonds is 4. The molecule has 0 radical (unpaired) electrons. The van der Waals surface area contributed by atoms with Crippen molar-refractivity contribution >= 4 is 29.0 Å². The highest BCUT2D eigenvalue weighted by molar-refractivity contribution is 8.18. The van der Waals surface area contributed by atoms with Crippen molar-refractivity contribution in [1.29, 1.82) is 0 Å². The fourth-order valence-electron chi connectivity index (χ4n) is 2.14. The molecule has 0 aliphatic carbocycles. The van der Waals surface area contributed by atoms with Gasteiger partial charge in [-0.1, -0.05) is 48.0 Å². The van der Waals surface area contributed by atoms with Gasteiger partial charge >= 0.3 is 0 Å². The average molecular weight is 325 g/mol. The van der Waals surface area contributed by atoms with Crippen LogP contribution in [0.5, 0.6) is 5.75 Å². The Morgan fingerprint density at radius 2 is 1.83 bits per heavy atom. The lowest BCUT2D eigenvalue weighted by Crippen LogP contribution is -2.17. The van der Waals surface area contributed by atoms with Gasteiger partial charge < -0.3 is 4.74 Å². The quantitative estimate of drug-likeness (QED) is 0.866. The van der Waals surface area contributed by atoms with Crippen LogP contribution in [0.1, 0.15) is 16.7 Å². The van der Waals surface area contributed by atoms with Crippen LogP contribution in [0.2, 0.25) is 0 Å². The zero-order chi connectivity index (χ0) is 16.2. The molecule has 0 aromatic heterocycles. The highest BCUT2D eigenvalue weighted by Crippen LogP contribution is 2.29. The molecule has 1 heterocycles. The lowest BCUT2D eigenvalue weighted by molar-refractivity contribution is -0.115. The second-order valence-corrected chi connectivity index (χ2v) is 6.18. The van der Waals surface area contributed by atoms with E-state index < -0.39 is 0 Å². The van der Waals surface area contributed by atoms with Crippen molar-refractivity contribution < 1.29 is 14.3 Å². The summed E-state index contributed by atoms with van der Waals surface area (Å²) in [5, 5.41) is 1.90. The minimum absolute atomic E-state index is 0.348. The molecule has 0 atom stereocenters. The molecule has 2 amide bonds. The summed E-state index contributed by atoms with van der Waals surface area (Å²) in [6.45, 7) is 2.48. The molecule has 23 heavy (non-hydrogen) atoms. The zero-order valence-electron chi connectivity index (χ0n) is 12.5. The maximum Gasteiger partial charge on any atom is 0.290 e. The standard InChI is InChI=1S/C18H15NO3S/c1-12-6-8-13(9-7-12)11-22-15-5-3-2-4-14(15)10-16-17(20)19-18(21)23-16/h2-10H,11H2,1H3,(H,19,20,21)/b16-10-. The third kappa shape index (κ3) is 3.81. The van der Waals surface area contributed by atoms with Gasteiger partial charge in [-0.3, -0.25) is 14.9 Å². The Morgan fingerprint density at radius 3 is 2.52 bits per heavy atom. The number of thioether (sulfide) groups is 1. The molecule has 1 aliphatic rings. The van der Waals surface area contributed by atoms with Crippen molar-refractivity contribution in [3.63, 3.8) is 0 Å². The minimum atomic E-state index is -0.367. The van der Waals surface area contributed by atoms with Crippen molar-refractivity contribution in [2.24, 2.45) is 0 Å². The fraction of sp³-hybridized carbons (Fsp3) is 0.111. The monoisotopic (exact) mass is 325 g/mol. The summed E-state index contributed by atoms with van der Waals surface area (Å²) in [4.78, 5) is 23.3. The largest absolute Gasteiger partial charge is 0.488 e. The predicted octanol–water partition coefficient (Wildman–Crippen LogP) is 3.90. The number of nitrogens with one attached hydrogen (secondary N) is 1. The Labute approximate surface area is 138 Å². The van der Waals surface area contributed by atoms with Gasteiger partial charge in [0.2, 0.25) is 0 Å². The summed E-state index contributed by atoms with van der Waals surface area (Å²) >= 11 is 0.899. The molecule has 1 N–H and O–H groups in total. The maximum absolute atomic E-state index is 11.6. The Balaban J connectivity index is 1.78. The summed E-state index contributed by atoms with van der Waals surface area (Å²) in [6.07, 6.45) is 1.68. The molecule has 0 unspecified atom stereocenters. The molecule has 3 rings (SSSR count). The van der Waals surface area contributed by atoms with E-state index in [0.717, 1.165) is 22.9 Å². The van der Waals surface area contributed by atoms with Crippen LogP contribution < -0.4 is 10.1 Å². The minimum Gasteiger partial charge on any atom is -0.488 e. The maximum atomic E-state index is 11.6. The van der Waals surface area contributed by atoms with E-state index in [1.54, 1.807) is 6.08 Å². The third-order valence-corrected chi connectivity index (χ3v) is 4.17. The van der Waals surface area contributed by atoms with E-state index in [4.69, 9.17) is 4.74 Å². The molecule has 1 aliphatic heterocycles. The number of imide groups is 1. The molecular formula is C18H15NO3S. The summed E-state index contributed by atoms with van der Waals surface area (Å²) < 4.78 is 5.86. The van der Waals surface area contributed by atoms with Crippen LogP contribution >= 0.6 is 11.8 Å². The highest BCUT2D eigenvalue weighted by Gasteiger charge is 2.25. The molecule has 5 heteroatoms. The van der Waals surface area contributed by atoms with Gasteiger partial charge in [-0.2, -0.15) is 0 Å². The van der Waals surface area contributed by atoms with Crippen LogP contribution in [0.25, 0.3) is 6.08 Å². The first-order chi connectivity index (χ1) is 11.1. The first kappa shape index (κ1) is 15.4. The van der Waals surface area contributed by atoms with E-state index in [-0.39, 0.29) is 11.1 Å². The van der Waals surface area contributed by atoms with E-state index in [9.17, 15) is 9.59 Å². The third-order valence-electron chi connectivity index (χ3n) is 3.36. The van der Waals surface area contributed by atoms with Crippen LogP contribution in [0.4, 0.5) is 4.79 Å². The van der Waals surface area contributed by atoms with Crippen molar-refractivity contribution in [2.75, 3.05) is 0 Å². The van der Waals surface area contributed by atoms with Gasteiger partial charge in [0.1, 0.15) is 12.4 Å².